The van der Waals surface area contributed by atoms with E-state index in [-0.39, 0.29) is 18.2 Å². The molecule has 24 heavy (non-hydrogen) atoms. The molecule has 1 aliphatic heterocycles. The molecule has 1 aliphatic rings. The maximum absolute atomic E-state index is 12.1. The Labute approximate surface area is 146 Å². The van der Waals surface area contributed by atoms with Crippen LogP contribution in [-0.4, -0.2) is 24.2 Å². The molecular weight excluding hydrogens is 326 g/mol. The average molecular weight is 346 g/mol. The first-order chi connectivity index (χ1) is 11.6. The molecule has 0 bridgehead atoms. The number of hydrogen-bond acceptors (Lipinski definition) is 3. The number of para-hydroxylation sites is 1. The van der Waals surface area contributed by atoms with Crippen molar-refractivity contribution in [1.29, 1.82) is 0 Å². The van der Waals surface area contributed by atoms with Crippen LogP contribution in [0.2, 0.25) is 5.02 Å². The number of carbonyl (C=O) groups is 1. The van der Waals surface area contributed by atoms with Crippen LogP contribution in [0.1, 0.15) is 36.0 Å². The second-order valence-electron chi connectivity index (χ2n) is 5.95. The van der Waals surface area contributed by atoms with Crippen molar-refractivity contribution in [2.24, 2.45) is 0 Å². The number of aliphatic hydroxyl groups excluding tert-OH is 1. The van der Waals surface area contributed by atoms with Crippen molar-refractivity contribution >= 4 is 17.5 Å². The molecule has 2 atom stereocenters. The molecule has 5 heteroatoms. The summed E-state index contributed by atoms with van der Waals surface area (Å²) in [6.45, 7) is 1.21. The topological polar surface area (TPSA) is 58.6 Å². The van der Waals surface area contributed by atoms with E-state index in [0.717, 1.165) is 17.7 Å². The van der Waals surface area contributed by atoms with Crippen molar-refractivity contribution in [2.45, 2.75) is 24.9 Å². The third-order valence-corrected chi connectivity index (χ3v) is 4.51. The summed E-state index contributed by atoms with van der Waals surface area (Å²) in [5.74, 6) is 0.970. The van der Waals surface area contributed by atoms with Gasteiger partial charge in [0.1, 0.15) is 5.75 Å². The Balaban J connectivity index is 1.54. The number of hydrogen-bond donors (Lipinski definition) is 2. The van der Waals surface area contributed by atoms with Crippen LogP contribution in [0.25, 0.3) is 0 Å². The molecule has 0 radical (unpaired) electrons. The first kappa shape index (κ1) is 16.8. The number of carbonyl (C=O) groups excluding carboxylic acids is 1. The van der Waals surface area contributed by atoms with E-state index in [2.05, 4.69) is 5.32 Å². The monoisotopic (exact) mass is 345 g/mol. The molecule has 0 fully saturated rings. The number of fused-ring (bicyclic) bond motifs is 1. The molecule has 4 nitrogen and oxygen atoms in total. The lowest BCUT2D eigenvalue weighted by Gasteiger charge is -2.26. The lowest BCUT2D eigenvalue weighted by molar-refractivity contribution is -0.123. The summed E-state index contributed by atoms with van der Waals surface area (Å²) in [4.78, 5) is 12.1. The third-order valence-electron chi connectivity index (χ3n) is 4.26. The Morgan fingerprint density at radius 1 is 1.25 bits per heavy atom. The van der Waals surface area contributed by atoms with Gasteiger partial charge in [-0.15, -0.1) is 0 Å². The standard InChI is InChI=1S/C19H20ClNO3/c20-15-7-5-13(6-8-15)17(22)11-19(23)21-12-14-9-10-24-18-4-2-1-3-16(14)18/h1-8,14,17,22H,9-12H2,(H,21,23)/t14-,17+/m0/s1. The number of nitrogens with one attached hydrogen (secondary N) is 1. The predicted octanol–water partition coefficient (Wildman–Crippen LogP) is 3.45. The molecule has 3 rings (SSSR count). The van der Waals surface area contributed by atoms with Crippen molar-refractivity contribution in [3.8, 4) is 5.75 Å². The van der Waals surface area contributed by atoms with Crippen LogP contribution in [0.15, 0.2) is 48.5 Å². The zero-order valence-electron chi connectivity index (χ0n) is 13.2. The largest absolute Gasteiger partial charge is 0.493 e. The fourth-order valence-electron chi connectivity index (χ4n) is 2.92. The first-order valence-corrected chi connectivity index (χ1v) is 8.43. The third kappa shape index (κ3) is 4.08. The van der Waals surface area contributed by atoms with Crippen LogP contribution >= 0.6 is 11.6 Å². The maximum atomic E-state index is 12.1. The van der Waals surface area contributed by atoms with Gasteiger partial charge < -0.3 is 15.2 Å². The summed E-state index contributed by atoms with van der Waals surface area (Å²) >= 11 is 5.83. The highest BCUT2D eigenvalue weighted by Gasteiger charge is 2.22. The maximum Gasteiger partial charge on any atom is 0.222 e. The Hall–Kier alpha value is -2.04. The summed E-state index contributed by atoms with van der Waals surface area (Å²) < 4.78 is 5.63. The molecule has 0 unspecified atom stereocenters. The molecule has 0 spiro atoms. The first-order valence-electron chi connectivity index (χ1n) is 8.05. The molecule has 0 saturated carbocycles. The molecule has 126 valence electrons. The summed E-state index contributed by atoms with van der Waals surface area (Å²) in [6, 6.07) is 14.8. The van der Waals surface area contributed by atoms with Crippen molar-refractivity contribution in [1.82, 2.24) is 5.32 Å². The van der Waals surface area contributed by atoms with Gasteiger partial charge in [-0.1, -0.05) is 41.9 Å². The quantitative estimate of drug-likeness (QED) is 0.872. The van der Waals surface area contributed by atoms with Crippen LogP contribution in [0.5, 0.6) is 5.75 Å². The van der Waals surface area contributed by atoms with Gasteiger partial charge in [0.2, 0.25) is 5.91 Å². The lowest BCUT2D eigenvalue weighted by atomic mass is 9.93. The fraction of sp³-hybridized carbons (Fsp3) is 0.316. The molecule has 0 saturated heterocycles. The molecule has 2 aromatic carbocycles. The number of aliphatic hydroxyl groups is 1. The van der Waals surface area contributed by atoms with Gasteiger partial charge in [-0.3, -0.25) is 4.79 Å². The molecule has 0 aliphatic carbocycles. The Morgan fingerprint density at radius 3 is 2.79 bits per heavy atom. The Bertz CT molecular complexity index is 702. The summed E-state index contributed by atoms with van der Waals surface area (Å²) in [6.07, 6.45) is 0.0769. The van der Waals surface area contributed by atoms with Crippen molar-refractivity contribution in [3.63, 3.8) is 0 Å². The predicted molar refractivity (Wildman–Crippen MR) is 93.3 cm³/mol. The number of halogens is 1. The summed E-state index contributed by atoms with van der Waals surface area (Å²) in [5.41, 5.74) is 1.81. The van der Waals surface area contributed by atoms with Gasteiger partial charge in [0.25, 0.3) is 0 Å². The zero-order chi connectivity index (χ0) is 16.9. The molecule has 0 aromatic heterocycles. The molecular formula is C19H20ClNO3. The van der Waals surface area contributed by atoms with E-state index < -0.39 is 6.10 Å². The van der Waals surface area contributed by atoms with E-state index in [0.29, 0.717) is 23.7 Å². The molecule has 2 N–H and O–H groups in total. The molecule has 1 heterocycles. The second-order valence-corrected chi connectivity index (χ2v) is 6.38. The highest BCUT2D eigenvalue weighted by Crippen LogP contribution is 2.32. The van der Waals surface area contributed by atoms with Crippen LogP contribution in [0.4, 0.5) is 0 Å². The van der Waals surface area contributed by atoms with Gasteiger partial charge in [-0.05, 0) is 35.7 Å². The Kier molecular flexibility index (Phi) is 5.38. The highest BCUT2D eigenvalue weighted by atomic mass is 35.5. The smallest absolute Gasteiger partial charge is 0.222 e. The van der Waals surface area contributed by atoms with Crippen molar-refractivity contribution in [2.75, 3.05) is 13.2 Å². The average Bonchev–Trinajstić information content (AvgIpc) is 2.60. The van der Waals surface area contributed by atoms with E-state index in [9.17, 15) is 9.90 Å². The van der Waals surface area contributed by atoms with Gasteiger partial charge in [0.15, 0.2) is 0 Å². The lowest BCUT2D eigenvalue weighted by Crippen LogP contribution is -2.31. The minimum absolute atomic E-state index is 0.0342. The van der Waals surface area contributed by atoms with Crippen LogP contribution < -0.4 is 10.1 Å². The summed E-state index contributed by atoms with van der Waals surface area (Å²) in [5, 5.41) is 13.7. The van der Waals surface area contributed by atoms with Crippen LogP contribution in [-0.2, 0) is 4.79 Å². The van der Waals surface area contributed by atoms with E-state index in [1.54, 1.807) is 24.3 Å². The molecule has 2 aromatic rings. The highest BCUT2D eigenvalue weighted by molar-refractivity contribution is 6.30. The second kappa shape index (κ2) is 7.69. The molecule has 1 amide bonds. The van der Waals surface area contributed by atoms with E-state index >= 15 is 0 Å². The van der Waals surface area contributed by atoms with Crippen molar-refractivity contribution in [3.05, 3.63) is 64.7 Å². The van der Waals surface area contributed by atoms with Gasteiger partial charge in [0.05, 0.1) is 19.1 Å². The van der Waals surface area contributed by atoms with Crippen molar-refractivity contribution < 1.29 is 14.6 Å². The SMILES string of the molecule is O=C(C[C@@H](O)c1ccc(Cl)cc1)NC[C@@H]1CCOc2ccccc21. The number of benzene rings is 2. The van der Waals surface area contributed by atoms with Gasteiger partial charge in [-0.25, -0.2) is 0 Å². The minimum atomic E-state index is -0.829. The van der Waals surface area contributed by atoms with E-state index in [1.807, 2.05) is 24.3 Å². The normalized spacial score (nSPS) is 17.5. The van der Waals surface area contributed by atoms with E-state index in [1.165, 1.54) is 0 Å². The number of amides is 1. The van der Waals surface area contributed by atoms with Gasteiger partial charge in [0, 0.05) is 17.5 Å². The van der Waals surface area contributed by atoms with Crippen LogP contribution in [0.3, 0.4) is 0 Å². The number of ether oxygens (including phenoxy) is 1. The Morgan fingerprint density at radius 2 is 2.00 bits per heavy atom. The fourth-order valence-corrected chi connectivity index (χ4v) is 3.04. The zero-order valence-corrected chi connectivity index (χ0v) is 14.0. The summed E-state index contributed by atoms with van der Waals surface area (Å²) in [7, 11) is 0. The van der Waals surface area contributed by atoms with Gasteiger partial charge >= 0.3 is 0 Å². The van der Waals surface area contributed by atoms with Crippen LogP contribution in [0, 0.1) is 0 Å². The minimum Gasteiger partial charge on any atom is -0.493 e. The van der Waals surface area contributed by atoms with E-state index in [4.69, 9.17) is 16.3 Å². The number of rotatable bonds is 5. The van der Waals surface area contributed by atoms with Gasteiger partial charge in [-0.2, -0.15) is 0 Å².